The fourth-order valence-electron chi connectivity index (χ4n) is 2.67. The molecule has 1 N–H and O–H groups in total. The number of nitrogens with one attached hydrogen (secondary N) is 1. The molecule has 0 spiro atoms. The van der Waals surface area contributed by atoms with Crippen molar-refractivity contribution in [2.45, 2.75) is 24.8 Å². The maximum atomic E-state index is 12.2. The van der Waals surface area contributed by atoms with Crippen LogP contribution in [-0.2, 0) is 0 Å². The second-order valence-corrected chi connectivity index (χ2v) is 6.14. The monoisotopic (exact) mass is 319 g/mol. The highest BCUT2D eigenvalue weighted by Gasteiger charge is 2.34. The summed E-state index contributed by atoms with van der Waals surface area (Å²) >= 11 is 12.1. The van der Waals surface area contributed by atoms with Crippen LogP contribution in [-0.4, -0.2) is 11.9 Å². The van der Waals surface area contributed by atoms with Crippen molar-refractivity contribution < 1.29 is 4.79 Å². The zero-order valence-electron chi connectivity index (χ0n) is 11.4. The number of rotatable bonds is 3. The summed E-state index contributed by atoms with van der Waals surface area (Å²) < 4.78 is 0. The Balaban J connectivity index is 1.70. The van der Waals surface area contributed by atoms with Gasteiger partial charge in [-0.3, -0.25) is 4.79 Å². The summed E-state index contributed by atoms with van der Waals surface area (Å²) in [6.45, 7) is 0. The second-order valence-electron chi connectivity index (χ2n) is 5.29. The van der Waals surface area contributed by atoms with E-state index in [1.54, 1.807) is 24.3 Å². The third-order valence-electron chi connectivity index (χ3n) is 4.00. The van der Waals surface area contributed by atoms with E-state index in [1.165, 1.54) is 0 Å². The molecule has 0 aromatic heterocycles. The van der Waals surface area contributed by atoms with Crippen LogP contribution in [0.4, 0.5) is 0 Å². The number of halogens is 2. The average Bonchev–Trinajstić information content (AvgIpc) is 2.46. The van der Waals surface area contributed by atoms with Crippen LogP contribution in [0.2, 0.25) is 10.0 Å². The Morgan fingerprint density at radius 1 is 1.00 bits per heavy atom. The van der Waals surface area contributed by atoms with Gasteiger partial charge in [-0.1, -0.05) is 41.4 Å². The number of hydrogen-bond acceptors (Lipinski definition) is 1. The van der Waals surface area contributed by atoms with Gasteiger partial charge in [0.25, 0.3) is 5.91 Å². The lowest BCUT2D eigenvalue weighted by molar-refractivity contribution is 0.0904. The highest BCUT2D eigenvalue weighted by Crippen LogP contribution is 2.40. The number of carbonyl (C=O) groups excluding carboxylic acids is 1. The topological polar surface area (TPSA) is 29.1 Å². The van der Waals surface area contributed by atoms with Crippen molar-refractivity contribution in [1.29, 1.82) is 0 Å². The smallest absolute Gasteiger partial charge is 0.251 e. The lowest BCUT2D eigenvalue weighted by Crippen LogP contribution is -2.45. The highest BCUT2D eigenvalue weighted by atomic mass is 35.5. The molecule has 3 rings (SSSR count). The molecule has 1 aliphatic carbocycles. The molecule has 2 aromatic rings. The van der Waals surface area contributed by atoms with E-state index in [2.05, 4.69) is 5.32 Å². The Hall–Kier alpha value is -1.51. The summed E-state index contributed by atoms with van der Waals surface area (Å²) in [5, 5.41) is 4.49. The van der Waals surface area contributed by atoms with Gasteiger partial charge < -0.3 is 5.32 Å². The maximum absolute atomic E-state index is 12.2. The standard InChI is InChI=1S/C17H15Cl2NO/c18-12-7-5-11(6-8-12)17(21)20-16-10-9-14(16)13-3-1-2-4-15(13)19/h1-8,14,16H,9-10H2,(H,20,21). The lowest BCUT2D eigenvalue weighted by Gasteiger charge is -2.38. The number of benzene rings is 2. The molecule has 108 valence electrons. The molecular formula is C17H15Cl2NO. The van der Waals surface area contributed by atoms with E-state index < -0.39 is 0 Å². The van der Waals surface area contributed by atoms with Gasteiger partial charge in [0.1, 0.15) is 0 Å². The van der Waals surface area contributed by atoms with E-state index >= 15 is 0 Å². The first-order valence-corrected chi connectivity index (χ1v) is 7.71. The number of carbonyl (C=O) groups is 1. The second kappa shape index (κ2) is 6.08. The first-order chi connectivity index (χ1) is 10.1. The molecule has 1 aliphatic rings. The van der Waals surface area contributed by atoms with Crippen LogP contribution in [0, 0.1) is 0 Å². The largest absolute Gasteiger partial charge is 0.349 e. The van der Waals surface area contributed by atoms with Crippen molar-refractivity contribution in [1.82, 2.24) is 5.32 Å². The third-order valence-corrected chi connectivity index (χ3v) is 4.60. The summed E-state index contributed by atoms with van der Waals surface area (Å²) in [5.41, 5.74) is 1.75. The molecule has 2 atom stereocenters. The lowest BCUT2D eigenvalue weighted by atomic mass is 9.75. The molecule has 0 saturated heterocycles. The fraction of sp³-hybridized carbons (Fsp3) is 0.235. The summed E-state index contributed by atoms with van der Waals surface area (Å²) in [4.78, 5) is 12.2. The Labute approximate surface area is 134 Å². The minimum atomic E-state index is -0.0616. The summed E-state index contributed by atoms with van der Waals surface area (Å²) in [5.74, 6) is 0.239. The van der Waals surface area contributed by atoms with Gasteiger partial charge in [-0.25, -0.2) is 0 Å². The van der Waals surface area contributed by atoms with E-state index in [0.717, 1.165) is 23.4 Å². The molecule has 0 heterocycles. The van der Waals surface area contributed by atoms with Crippen LogP contribution in [0.1, 0.15) is 34.7 Å². The van der Waals surface area contributed by atoms with Gasteiger partial charge in [0.2, 0.25) is 0 Å². The Morgan fingerprint density at radius 2 is 1.71 bits per heavy atom. The molecule has 2 unspecified atom stereocenters. The Kier molecular flexibility index (Phi) is 4.18. The number of hydrogen-bond donors (Lipinski definition) is 1. The fourth-order valence-corrected chi connectivity index (χ4v) is 3.08. The zero-order valence-corrected chi connectivity index (χ0v) is 12.9. The van der Waals surface area contributed by atoms with E-state index in [-0.39, 0.29) is 11.9 Å². The summed E-state index contributed by atoms with van der Waals surface area (Å²) in [6, 6.07) is 14.9. The summed E-state index contributed by atoms with van der Waals surface area (Å²) in [7, 11) is 0. The van der Waals surface area contributed by atoms with E-state index in [9.17, 15) is 4.79 Å². The van der Waals surface area contributed by atoms with Crippen molar-refractivity contribution >= 4 is 29.1 Å². The van der Waals surface area contributed by atoms with Crippen LogP contribution in [0.5, 0.6) is 0 Å². The molecule has 1 fully saturated rings. The number of amides is 1. The Morgan fingerprint density at radius 3 is 2.33 bits per heavy atom. The predicted octanol–water partition coefficient (Wildman–Crippen LogP) is 4.67. The molecule has 0 bridgehead atoms. The molecule has 0 aliphatic heterocycles. The van der Waals surface area contributed by atoms with Crippen LogP contribution >= 0.6 is 23.2 Å². The molecule has 4 heteroatoms. The minimum Gasteiger partial charge on any atom is -0.349 e. The maximum Gasteiger partial charge on any atom is 0.251 e. The average molecular weight is 320 g/mol. The zero-order chi connectivity index (χ0) is 14.8. The van der Waals surface area contributed by atoms with Crippen LogP contribution in [0.15, 0.2) is 48.5 Å². The van der Waals surface area contributed by atoms with Gasteiger partial charge >= 0.3 is 0 Å². The molecule has 0 radical (unpaired) electrons. The van der Waals surface area contributed by atoms with Gasteiger partial charge in [0.15, 0.2) is 0 Å². The SMILES string of the molecule is O=C(NC1CCC1c1ccccc1Cl)c1ccc(Cl)cc1. The van der Waals surface area contributed by atoms with Gasteiger partial charge in [-0.2, -0.15) is 0 Å². The first kappa shape index (κ1) is 14.4. The van der Waals surface area contributed by atoms with Gasteiger partial charge in [0.05, 0.1) is 0 Å². The normalized spacial score (nSPS) is 20.7. The van der Waals surface area contributed by atoms with Gasteiger partial charge in [-0.05, 0) is 48.7 Å². The molecule has 1 saturated carbocycles. The predicted molar refractivity (Wildman–Crippen MR) is 86.1 cm³/mol. The van der Waals surface area contributed by atoms with Crippen molar-refractivity contribution in [3.63, 3.8) is 0 Å². The van der Waals surface area contributed by atoms with Crippen molar-refractivity contribution in [3.05, 3.63) is 69.7 Å². The van der Waals surface area contributed by atoms with Gasteiger partial charge in [0, 0.05) is 27.6 Å². The van der Waals surface area contributed by atoms with E-state index in [1.807, 2.05) is 24.3 Å². The van der Waals surface area contributed by atoms with Crippen LogP contribution in [0.25, 0.3) is 0 Å². The minimum absolute atomic E-state index is 0.0616. The third kappa shape index (κ3) is 3.07. The first-order valence-electron chi connectivity index (χ1n) is 6.96. The molecule has 2 nitrogen and oxygen atoms in total. The Bertz CT molecular complexity index is 654. The quantitative estimate of drug-likeness (QED) is 0.875. The highest BCUT2D eigenvalue weighted by molar-refractivity contribution is 6.31. The van der Waals surface area contributed by atoms with Gasteiger partial charge in [-0.15, -0.1) is 0 Å². The van der Waals surface area contributed by atoms with Crippen molar-refractivity contribution in [2.24, 2.45) is 0 Å². The molecule has 1 amide bonds. The van der Waals surface area contributed by atoms with Crippen molar-refractivity contribution in [2.75, 3.05) is 0 Å². The van der Waals surface area contributed by atoms with Crippen LogP contribution < -0.4 is 5.32 Å². The molecular weight excluding hydrogens is 305 g/mol. The van der Waals surface area contributed by atoms with E-state index in [4.69, 9.17) is 23.2 Å². The molecule has 21 heavy (non-hydrogen) atoms. The summed E-state index contributed by atoms with van der Waals surface area (Å²) in [6.07, 6.45) is 2.03. The molecule has 2 aromatic carbocycles. The van der Waals surface area contributed by atoms with E-state index in [0.29, 0.717) is 16.5 Å². The van der Waals surface area contributed by atoms with Crippen LogP contribution in [0.3, 0.4) is 0 Å². The van der Waals surface area contributed by atoms with Crippen molar-refractivity contribution in [3.8, 4) is 0 Å².